The van der Waals surface area contributed by atoms with E-state index in [9.17, 15) is 4.79 Å². The van der Waals surface area contributed by atoms with Crippen LogP contribution in [0.5, 0.6) is 0 Å². The summed E-state index contributed by atoms with van der Waals surface area (Å²) in [7, 11) is 0. The van der Waals surface area contributed by atoms with Gasteiger partial charge in [-0.2, -0.15) is 0 Å². The minimum absolute atomic E-state index is 0. The standard InChI is InChI=1S/C17H19BrN6O2.ClH/c1-9-22-13(8-26-9)17(25)23-12-6-21-16-14(12)15(11(18)5-20-16)24-4-2-3-10(19)7-24;/h5-6,8,10H,2-4,7,19H2,1H3,(H,20,21)(H,23,25);1H/t10-;/m1./s1. The van der Waals surface area contributed by atoms with E-state index in [2.05, 4.69) is 41.1 Å². The number of oxazole rings is 1. The number of nitrogens with zero attached hydrogens (tertiary/aromatic N) is 3. The van der Waals surface area contributed by atoms with Crippen molar-refractivity contribution < 1.29 is 9.21 Å². The predicted molar refractivity (Wildman–Crippen MR) is 110 cm³/mol. The molecule has 1 saturated heterocycles. The third-order valence-corrected chi connectivity index (χ3v) is 5.08. The molecular weight excluding hydrogens is 436 g/mol. The van der Waals surface area contributed by atoms with E-state index in [1.165, 1.54) is 6.26 Å². The lowest BCUT2D eigenvalue weighted by Gasteiger charge is -2.33. The second-order valence-electron chi connectivity index (χ2n) is 6.43. The number of fused-ring (bicyclic) bond motifs is 1. The quantitative estimate of drug-likeness (QED) is 0.559. The molecular formula is C17H20BrClN6O2. The summed E-state index contributed by atoms with van der Waals surface area (Å²) in [5.41, 5.74) is 8.73. The summed E-state index contributed by atoms with van der Waals surface area (Å²) in [6.45, 7) is 3.37. The number of anilines is 2. The topological polar surface area (TPSA) is 113 Å². The van der Waals surface area contributed by atoms with Crippen LogP contribution in [0.1, 0.15) is 29.2 Å². The number of halogens is 2. The molecule has 0 aromatic carbocycles. The number of H-pyrrole nitrogens is 1. The van der Waals surface area contributed by atoms with Crippen LogP contribution in [0.3, 0.4) is 0 Å². The number of amides is 1. The Morgan fingerprint density at radius 3 is 3.04 bits per heavy atom. The molecule has 3 aromatic rings. The van der Waals surface area contributed by atoms with Gasteiger partial charge in [-0.15, -0.1) is 12.4 Å². The maximum absolute atomic E-state index is 12.5. The second kappa shape index (κ2) is 7.87. The average Bonchev–Trinajstić information content (AvgIpc) is 3.22. The first-order chi connectivity index (χ1) is 12.5. The van der Waals surface area contributed by atoms with E-state index >= 15 is 0 Å². The maximum Gasteiger partial charge on any atom is 0.277 e. The molecule has 4 N–H and O–H groups in total. The van der Waals surface area contributed by atoms with Crippen molar-refractivity contribution in [2.24, 2.45) is 5.73 Å². The normalized spacial score (nSPS) is 17.0. The fraction of sp³-hybridized carbons (Fsp3) is 0.353. The van der Waals surface area contributed by atoms with Crippen LogP contribution in [0, 0.1) is 6.92 Å². The first-order valence-corrected chi connectivity index (χ1v) is 9.22. The van der Waals surface area contributed by atoms with Crippen LogP contribution >= 0.6 is 28.3 Å². The Bertz CT molecular complexity index is 972. The molecule has 1 amide bonds. The maximum atomic E-state index is 12.5. The lowest BCUT2D eigenvalue weighted by Crippen LogP contribution is -2.43. The third kappa shape index (κ3) is 3.80. The van der Waals surface area contributed by atoms with Gasteiger partial charge in [-0.25, -0.2) is 9.97 Å². The van der Waals surface area contributed by atoms with Crippen LogP contribution in [-0.4, -0.2) is 40.0 Å². The second-order valence-corrected chi connectivity index (χ2v) is 7.29. The van der Waals surface area contributed by atoms with Crippen LogP contribution in [-0.2, 0) is 0 Å². The zero-order valence-corrected chi connectivity index (χ0v) is 17.1. The van der Waals surface area contributed by atoms with E-state index in [1.54, 1.807) is 19.3 Å². The number of aromatic nitrogens is 3. The molecule has 1 fully saturated rings. The summed E-state index contributed by atoms with van der Waals surface area (Å²) in [5.74, 6) is 0.116. The summed E-state index contributed by atoms with van der Waals surface area (Å²) in [6.07, 6.45) is 6.90. The van der Waals surface area contributed by atoms with Crippen LogP contribution in [0.15, 0.2) is 27.5 Å². The molecule has 0 spiro atoms. The summed E-state index contributed by atoms with van der Waals surface area (Å²) in [5, 5.41) is 3.75. The zero-order valence-electron chi connectivity index (χ0n) is 14.7. The number of nitrogens with one attached hydrogen (secondary N) is 2. The zero-order chi connectivity index (χ0) is 18.3. The number of pyridine rings is 1. The molecule has 3 aromatic heterocycles. The number of carbonyl (C=O) groups is 1. The molecule has 4 rings (SSSR count). The highest BCUT2D eigenvalue weighted by molar-refractivity contribution is 9.10. The molecule has 0 radical (unpaired) electrons. The number of hydrogen-bond donors (Lipinski definition) is 3. The van der Waals surface area contributed by atoms with Gasteiger partial charge in [-0.1, -0.05) is 0 Å². The minimum Gasteiger partial charge on any atom is -0.448 e. The first kappa shape index (κ1) is 19.7. The van der Waals surface area contributed by atoms with E-state index < -0.39 is 0 Å². The van der Waals surface area contributed by atoms with Crippen LogP contribution < -0.4 is 16.0 Å². The molecule has 4 heterocycles. The SMILES string of the molecule is Cc1nc(C(=O)Nc2c[nH]c3ncc(Br)c(N4CCC[C@@H](N)C4)c23)co1.Cl. The van der Waals surface area contributed by atoms with Gasteiger partial charge in [-0.3, -0.25) is 4.79 Å². The monoisotopic (exact) mass is 454 g/mol. The van der Waals surface area contributed by atoms with Crippen LogP contribution in [0.25, 0.3) is 11.0 Å². The summed E-state index contributed by atoms with van der Waals surface area (Å²) < 4.78 is 5.99. The van der Waals surface area contributed by atoms with Crippen LogP contribution in [0.4, 0.5) is 11.4 Å². The minimum atomic E-state index is -0.330. The number of nitrogens with two attached hydrogens (primary N) is 1. The molecule has 1 aliphatic heterocycles. The fourth-order valence-corrected chi connectivity index (χ4v) is 3.88. The number of carbonyl (C=O) groups excluding carboxylic acids is 1. The molecule has 0 aliphatic carbocycles. The smallest absolute Gasteiger partial charge is 0.277 e. The van der Waals surface area contributed by atoms with Crippen molar-refractivity contribution in [3.8, 4) is 0 Å². The Hall–Kier alpha value is -2.10. The molecule has 8 nitrogen and oxygen atoms in total. The third-order valence-electron chi connectivity index (χ3n) is 4.50. The Morgan fingerprint density at radius 2 is 2.33 bits per heavy atom. The summed E-state index contributed by atoms with van der Waals surface area (Å²) >= 11 is 3.61. The highest BCUT2D eigenvalue weighted by Gasteiger charge is 2.24. The van der Waals surface area contributed by atoms with Crippen molar-refractivity contribution in [2.75, 3.05) is 23.3 Å². The van der Waals surface area contributed by atoms with E-state index in [-0.39, 0.29) is 30.0 Å². The van der Waals surface area contributed by atoms with Crippen molar-refractivity contribution in [1.82, 2.24) is 15.0 Å². The highest BCUT2D eigenvalue weighted by Crippen LogP contribution is 2.38. The van der Waals surface area contributed by atoms with E-state index in [0.29, 0.717) is 17.2 Å². The van der Waals surface area contributed by atoms with Crippen molar-refractivity contribution >= 4 is 56.7 Å². The number of aryl methyl sites for hydroxylation is 1. The average molecular weight is 456 g/mol. The largest absolute Gasteiger partial charge is 0.448 e. The van der Waals surface area contributed by atoms with Crippen molar-refractivity contribution in [2.45, 2.75) is 25.8 Å². The molecule has 0 saturated carbocycles. The Kier molecular flexibility index (Phi) is 5.73. The Morgan fingerprint density at radius 1 is 1.52 bits per heavy atom. The van der Waals surface area contributed by atoms with Gasteiger partial charge >= 0.3 is 0 Å². The van der Waals surface area contributed by atoms with Crippen molar-refractivity contribution in [1.29, 1.82) is 0 Å². The van der Waals surface area contributed by atoms with E-state index in [0.717, 1.165) is 41.5 Å². The molecule has 10 heteroatoms. The number of rotatable bonds is 3. The number of piperidine rings is 1. The molecule has 0 bridgehead atoms. The van der Waals surface area contributed by atoms with Gasteiger partial charge in [0, 0.05) is 38.4 Å². The fourth-order valence-electron chi connectivity index (χ4n) is 3.33. The number of hydrogen-bond acceptors (Lipinski definition) is 6. The lowest BCUT2D eigenvalue weighted by atomic mass is 10.1. The van der Waals surface area contributed by atoms with Gasteiger partial charge in [0.25, 0.3) is 5.91 Å². The summed E-state index contributed by atoms with van der Waals surface area (Å²) in [4.78, 5) is 26.3. The molecule has 144 valence electrons. The molecule has 1 aliphatic rings. The van der Waals surface area contributed by atoms with Crippen LogP contribution in [0.2, 0.25) is 0 Å². The molecule has 1 atom stereocenters. The Labute approximate surface area is 170 Å². The van der Waals surface area contributed by atoms with Crippen molar-refractivity contribution in [3.63, 3.8) is 0 Å². The molecule has 0 unspecified atom stereocenters. The first-order valence-electron chi connectivity index (χ1n) is 8.42. The van der Waals surface area contributed by atoms with Gasteiger partial charge in [0.15, 0.2) is 11.6 Å². The lowest BCUT2D eigenvalue weighted by molar-refractivity contribution is 0.102. The molecule has 27 heavy (non-hydrogen) atoms. The van der Waals surface area contributed by atoms with Gasteiger partial charge < -0.3 is 25.4 Å². The Balaban J connectivity index is 0.00000210. The van der Waals surface area contributed by atoms with Crippen molar-refractivity contribution in [3.05, 3.63) is 34.7 Å². The highest BCUT2D eigenvalue weighted by atomic mass is 79.9. The predicted octanol–water partition coefficient (Wildman–Crippen LogP) is 3.22. The summed E-state index contributed by atoms with van der Waals surface area (Å²) in [6, 6.07) is 0.133. The van der Waals surface area contributed by atoms with Gasteiger partial charge in [0.05, 0.1) is 21.2 Å². The van der Waals surface area contributed by atoms with E-state index in [1.807, 2.05) is 0 Å². The van der Waals surface area contributed by atoms with Gasteiger partial charge in [0.1, 0.15) is 11.9 Å². The van der Waals surface area contributed by atoms with Gasteiger partial charge in [-0.05, 0) is 28.8 Å². The van der Waals surface area contributed by atoms with E-state index in [4.69, 9.17) is 10.2 Å². The number of aromatic amines is 1. The van der Waals surface area contributed by atoms with Gasteiger partial charge in [0.2, 0.25) is 0 Å².